The largest absolute Gasteiger partial charge is 0.417 e. The van der Waals surface area contributed by atoms with Gasteiger partial charge in [0, 0.05) is 60.0 Å². The van der Waals surface area contributed by atoms with Crippen LogP contribution >= 0.6 is 0 Å². The van der Waals surface area contributed by atoms with Crippen LogP contribution < -0.4 is 0 Å². The van der Waals surface area contributed by atoms with Crippen molar-refractivity contribution in [1.29, 1.82) is 5.26 Å². The maximum Gasteiger partial charge on any atom is 0.417 e. The van der Waals surface area contributed by atoms with Crippen molar-refractivity contribution < 1.29 is 13.2 Å². The monoisotopic (exact) mass is 907 g/mol. The van der Waals surface area contributed by atoms with E-state index in [9.17, 15) is 5.26 Å². The van der Waals surface area contributed by atoms with E-state index in [1.54, 1.807) is 12.1 Å². The first-order chi connectivity index (χ1) is 34.4. The highest BCUT2D eigenvalue weighted by atomic mass is 19.4. The fraction of sp³-hybridized carbons (Fsp3) is 0.0161. The predicted octanol–water partition coefficient (Wildman–Crippen LogP) is 16.6. The molecule has 0 unspecified atom stereocenters. The number of fused-ring (bicyclic) bond motifs is 14. The molecule has 8 heteroatoms. The number of benzene rings is 10. The highest BCUT2D eigenvalue weighted by molar-refractivity contribution is 6.28. The van der Waals surface area contributed by atoms with Gasteiger partial charge < -0.3 is 18.3 Å². The van der Waals surface area contributed by atoms with Gasteiger partial charge in [0.1, 0.15) is 11.6 Å². The Morgan fingerprint density at radius 1 is 0.343 bits per heavy atom. The maximum atomic E-state index is 15.4. The summed E-state index contributed by atoms with van der Waals surface area (Å²) in [7, 11) is 0. The molecule has 4 heterocycles. The Morgan fingerprint density at radius 2 is 0.771 bits per heavy atom. The molecule has 0 aliphatic carbocycles. The van der Waals surface area contributed by atoms with Gasteiger partial charge in [-0.3, -0.25) is 0 Å². The molecule has 0 aliphatic heterocycles. The number of rotatable bonds is 5. The minimum atomic E-state index is -4.69. The number of hydrogen-bond acceptors (Lipinski definition) is 1. The summed E-state index contributed by atoms with van der Waals surface area (Å²) in [6.45, 7) is 0. The molecule has 0 spiro atoms. The van der Waals surface area contributed by atoms with Crippen LogP contribution in [0, 0.1) is 11.3 Å². The molecular formula is C62H36F3N5. The average molecular weight is 908 g/mol. The molecule has 0 amide bonds. The average Bonchev–Trinajstić information content (AvgIpc) is 4.13. The summed E-state index contributed by atoms with van der Waals surface area (Å²) in [6, 6.07) is 73.8. The van der Waals surface area contributed by atoms with Crippen molar-refractivity contribution in [3.8, 4) is 39.9 Å². The maximum absolute atomic E-state index is 15.4. The molecule has 330 valence electrons. The third kappa shape index (κ3) is 5.48. The van der Waals surface area contributed by atoms with E-state index in [1.807, 2.05) is 97.1 Å². The molecule has 0 bridgehead atoms. The van der Waals surface area contributed by atoms with Gasteiger partial charge in [-0.2, -0.15) is 18.4 Å². The second kappa shape index (κ2) is 14.8. The molecule has 0 atom stereocenters. The Labute approximate surface area is 397 Å². The summed E-state index contributed by atoms with van der Waals surface area (Å²) in [5.74, 6) is 0. The molecule has 0 saturated heterocycles. The first kappa shape index (κ1) is 39.8. The quantitative estimate of drug-likeness (QED) is 0.170. The lowest BCUT2D eigenvalue weighted by atomic mass is 9.94. The zero-order valence-electron chi connectivity index (χ0n) is 37.2. The van der Waals surface area contributed by atoms with Crippen molar-refractivity contribution in [3.05, 3.63) is 230 Å². The zero-order valence-corrected chi connectivity index (χ0v) is 37.2. The molecule has 14 rings (SSSR count). The predicted molar refractivity (Wildman–Crippen MR) is 279 cm³/mol. The van der Waals surface area contributed by atoms with Crippen LogP contribution in [0.2, 0.25) is 0 Å². The lowest BCUT2D eigenvalue weighted by Crippen LogP contribution is -2.10. The summed E-state index contributed by atoms with van der Waals surface area (Å²) >= 11 is 0. The van der Waals surface area contributed by atoms with Crippen LogP contribution in [0.15, 0.2) is 218 Å². The summed E-state index contributed by atoms with van der Waals surface area (Å²) < 4.78 is 55.0. The third-order valence-corrected chi connectivity index (χ3v) is 14.2. The van der Waals surface area contributed by atoms with Gasteiger partial charge in [0.15, 0.2) is 0 Å². The van der Waals surface area contributed by atoms with Crippen molar-refractivity contribution in [2.24, 2.45) is 0 Å². The van der Waals surface area contributed by atoms with E-state index in [0.29, 0.717) is 11.4 Å². The van der Waals surface area contributed by atoms with Gasteiger partial charge in [-0.05, 0) is 78.4 Å². The summed E-state index contributed by atoms with van der Waals surface area (Å²) in [4.78, 5) is 0. The minimum Gasteiger partial charge on any atom is -0.309 e. The summed E-state index contributed by atoms with van der Waals surface area (Å²) in [6.07, 6.45) is -4.69. The van der Waals surface area contributed by atoms with Gasteiger partial charge in [0.05, 0.1) is 61.1 Å². The Kier molecular flexibility index (Phi) is 8.44. The van der Waals surface area contributed by atoms with Gasteiger partial charge in [0.2, 0.25) is 0 Å². The molecular weight excluding hydrogens is 872 g/mol. The topological polar surface area (TPSA) is 43.5 Å². The highest BCUT2D eigenvalue weighted by Gasteiger charge is 2.35. The Morgan fingerprint density at radius 3 is 1.29 bits per heavy atom. The van der Waals surface area contributed by atoms with E-state index in [4.69, 9.17) is 0 Å². The van der Waals surface area contributed by atoms with Crippen LogP contribution in [0.1, 0.15) is 11.1 Å². The zero-order chi connectivity index (χ0) is 46.8. The number of hydrogen-bond donors (Lipinski definition) is 0. The molecule has 5 nitrogen and oxygen atoms in total. The van der Waals surface area contributed by atoms with Crippen molar-refractivity contribution in [3.63, 3.8) is 0 Å². The number of nitriles is 1. The van der Waals surface area contributed by atoms with Crippen molar-refractivity contribution in [2.45, 2.75) is 6.18 Å². The Balaban J connectivity index is 1.20. The number of nitrogens with zero attached hydrogens (tertiary/aromatic N) is 5. The van der Waals surface area contributed by atoms with Crippen molar-refractivity contribution >= 4 is 87.2 Å². The van der Waals surface area contributed by atoms with E-state index >= 15 is 13.2 Å². The molecule has 0 N–H and O–H groups in total. The second-order valence-electron chi connectivity index (χ2n) is 17.8. The van der Waals surface area contributed by atoms with Gasteiger partial charge in [-0.15, -0.1) is 0 Å². The highest BCUT2D eigenvalue weighted by Crippen LogP contribution is 2.49. The minimum absolute atomic E-state index is 0.0200. The van der Waals surface area contributed by atoms with Crippen LogP contribution in [0.3, 0.4) is 0 Å². The standard InChI is InChI=1S/C62H36F3N5/c63-62(64,65)49-26-12-7-21-40(49)43-31-34-54(69-50-27-13-8-22-41(50)44-32-35-55-57(60(44)69)46-24-10-15-29-52(46)67(55)38-17-3-1-4-18-38)48(37-66)59(43)70-51-28-14-9-23-42(51)45-33-36-56-58(61(45)70)47-25-11-16-30-53(47)68(56)39-19-5-2-6-20-39/h1-36H. The van der Waals surface area contributed by atoms with E-state index in [-0.39, 0.29) is 16.7 Å². The molecule has 4 aromatic heterocycles. The fourth-order valence-corrected chi connectivity index (χ4v) is 11.5. The van der Waals surface area contributed by atoms with E-state index in [1.165, 1.54) is 12.1 Å². The molecule has 0 radical (unpaired) electrons. The lowest BCUT2D eigenvalue weighted by Gasteiger charge is -2.22. The van der Waals surface area contributed by atoms with Crippen LogP contribution in [-0.4, -0.2) is 18.3 Å². The molecule has 0 aliphatic rings. The number of alkyl halides is 3. The number of halogens is 3. The summed E-state index contributed by atoms with van der Waals surface area (Å²) in [5.41, 5.74) is 9.82. The first-order valence-electron chi connectivity index (χ1n) is 23.2. The summed E-state index contributed by atoms with van der Waals surface area (Å²) in [5, 5.41) is 19.8. The third-order valence-electron chi connectivity index (χ3n) is 14.2. The van der Waals surface area contributed by atoms with E-state index < -0.39 is 11.7 Å². The fourth-order valence-electron chi connectivity index (χ4n) is 11.5. The van der Waals surface area contributed by atoms with Crippen molar-refractivity contribution in [2.75, 3.05) is 0 Å². The Bertz CT molecular complexity index is 4520. The van der Waals surface area contributed by atoms with Crippen LogP contribution in [0.5, 0.6) is 0 Å². The van der Waals surface area contributed by atoms with Crippen LogP contribution in [0.4, 0.5) is 13.2 Å². The van der Waals surface area contributed by atoms with Gasteiger partial charge in [-0.25, -0.2) is 0 Å². The van der Waals surface area contributed by atoms with Gasteiger partial charge in [0.25, 0.3) is 0 Å². The molecule has 14 aromatic rings. The number of aromatic nitrogens is 4. The van der Waals surface area contributed by atoms with Gasteiger partial charge in [-0.1, -0.05) is 146 Å². The lowest BCUT2D eigenvalue weighted by molar-refractivity contribution is -0.137. The molecule has 0 fully saturated rings. The Hall–Kier alpha value is -9.32. The first-order valence-corrected chi connectivity index (χ1v) is 23.2. The smallest absolute Gasteiger partial charge is 0.309 e. The van der Waals surface area contributed by atoms with E-state index in [0.717, 1.165) is 105 Å². The van der Waals surface area contributed by atoms with Crippen LogP contribution in [-0.2, 0) is 6.18 Å². The van der Waals surface area contributed by atoms with E-state index in [2.05, 4.69) is 115 Å². The SMILES string of the molecule is N#Cc1c(-n2c3ccccc3c3ccc4c(c5ccccc5n4-c4ccccc4)c32)ccc(-c2ccccc2C(F)(F)F)c1-n1c2ccccc2c2ccc3c(c4ccccc4n3-c3ccccc3)c21. The van der Waals surface area contributed by atoms with Crippen molar-refractivity contribution in [1.82, 2.24) is 18.3 Å². The number of para-hydroxylation sites is 6. The second-order valence-corrected chi connectivity index (χ2v) is 17.8. The normalized spacial score (nSPS) is 12.2. The van der Waals surface area contributed by atoms with Crippen LogP contribution in [0.25, 0.3) is 121 Å². The molecule has 0 saturated carbocycles. The molecule has 70 heavy (non-hydrogen) atoms. The molecule has 10 aromatic carbocycles. The van der Waals surface area contributed by atoms with Gasteiger partial charge >= 0.3 is 6.18 Å².